The van der Waals surface area contributed by atoms with Crippen LogP contribution in [0.1, 0.15) is 20.8 Å². The zero-order chi connectivity index (χ0) is 19.4. The fourth-order valence-corrected chi connectivity index (χ4v) is 4.04. The van der Waals surface area contributed by atoms with E-state index in [9.17, 15) is 9.59 Å². The summed E-state index contributed by atoms with van der Waals surface area (Å²) < 4.78 is 4.74. The Hall–Kier alpha value is -2.38. The van der Waals surface area contributed by atoms with Crippen molar-refractivity contribution in [3.63, 3.8) is 0 Å². The van der Waals surface area contributed by atoms with Crippen LogP contribution in [-0.4, -0.2) is 56.6 Å². The van der Waals surface area contributed by atoms with E-state index in [-0.39, 0.29) is 5.91 Å². The molecule has 0 atom stereocenters. The first-order chi connectivity index (χ1) is 13.0. The first-order valence-corrected chi connectivity index (χ1v) is 9.86. The number of nitrogens with zero attached hydrogens (tertiary/aromatic N) is 2. The van der Waals surface area contributed by atoms with Gasteiger partial charge < -0.3 is 15.0 Å². The molecule has 6 nitrogen and oxygen atoms in total. The van der Waals surface area contributed by atoms with Crippen molar-refractivity contribution in [2.75, 3.05) is 50.1 Å². The SMILES string of the molecule is COC(=O)c1sccc1NC(=O)CN1CCN(c2cccc(C)c2C)CC1. The highest BCUT2D eigenvalue weighted by atomic mass is 32.1. The van der Waals surface area contributed by atoms with Gasteiger partial charge in [0, 0.05) is 31.9 Å². The smallest absolute Gasteiger partial charge is 0.350 e. The molecular formula is C20H25N3O3S. The van der Waals surface area contributed by atoms with Crippen molar-refractivity contribution in [3.05, 3.63) is 45.6 Å². The number of methoxy groups -OCH3 is 1. The molecule has 1 N–H and O–H groups in total. The van der Waals surface area contributed by atoms with Gasteiger partial charge in [0.05, 0.1) is 19.3 Å². The molecule has 2 heterocycles. The van der Waals surface area contributed by atoms with E-state index in [1.807, 2.05) is 0 Å². The Bertz CT molecular complexity index is 826. The van der Waals surface area contributed by atoms with Crippen molar-refractivity contribution in [2.24, 2.45) is 0 Å². The standard InChI is InChI=1S/C20H25N3O3S/c1-14-5-4-6-17(15(14)2)23-10-8-22(9-11-23)13-18(24)21-16-7-12-27-19(16)20(25)26-3/h4-7,12H,8-11,13H2,1-3H3,(H,21,24). The Labute approximate surface area is 163 Å². The van der Waals surface area contributed by atoms with Gasteiger partial charge in [-0.25, -0.2) is 4.79 Å². The van der Waals surface area contributed by atoms with Gasteiger partial charge in [-0.3, -0.25) is 9.69 Å². The molecule has 0 spiro atoms. The minimum Gasteiger partial charge on any atom is -0.465 e. The molecule has 1 saturated heterocycles. The lowest BCUT2D eigenvalue weighted by Gasteiger charge is -2.36. The number of nitrogens with one attached hydrogen (secondary N) is 1. The van der Waals surface area contributed by atoms with Crippen LogP contribution in [-0.2, 0) is 9.53 Å². The number of thiophene rings is 1. The maximum Gasteiger partial charge on any atom is 0.350 e. The van der Waals surface area contributed by atoms with Crippen LogP contribution in [0.2, 0.25) is 0 Å². The zero-order valence-electron chi connectivity index (χ0n) is 15.9. The van der Waals surface area contributed by atoms with Gasteiger partial charge in [-0.15, -0.1) is 11.3 Å². The number of rotatable bonds is 5. The van der Waals surface area contributed by atoms with Gasteiger partial charge >= 0.3 is 5.97 Å². The molecule has 1 aromatic heterocycles. The maximum absolute atomic E-state index is 12.4. The van der Waals surface area contributed by atoms with Crippen molar-refractivity contribution >= 4 is 34.6 Å². The molecule has 7 heteroatoms. The number of benzene rings is 1. The largest absolute Gasteiger partial charge is 0.465 e. The lowest BCUT2D eigenvalue weighted by Crippen LogP contribution is -2.48. The van der Waals surface area contributed by atoms with Crippen LogP contribution in [0.3, 0.4) is 0 Å². The topological polar surface area (TPSA) is 61.9 Å². The van der Waals surface area contributed by atoms with Crippen molar-refractivity contribution in [2.45, 2.75) is 13.8 Å². The van der Waals surface area contributed by atoms with E-state index in [1.165, 1.54) is 35.3 Å². The van der Waals surface area contributed by atoms with Crippen LogP contribution in [0.15, 0.2) is 29.6 Å². The van der Waals surface area contributed by atoms with E-state index in [0.29, 0.717) is 17.1 Å². The van der Waals surface area contributed by atoms with Gasteiger partial charge in [0.25, 0.3) is 0 Å². The summed E-state index contributed by atoms with van der Waals surface area (Å²) >= 11 is 1.26. The molecule has 27 heavy (non-hydrogen) atoms. The van der Waals surface area contributed by atoms with E-state index in [0.717, 1.165) is 26.2 Å². The molecule has 144 valence electrons. The molecule has 0 bridgehead atoms. The summed E-state index contributed by atoms with van der Waals surface area (Å²) in [6.07, 6.45) is 0. The number of hydrogen-bond acceptors (Lipinski definition) is 6. The van der Waals surface area contributed by atoms with Gasteiger partial charge in [0.2, 0.25) is 5.91 Å². The van der Waals surface area contributed by atoms with Crippen molar-refractivity contribution in [1.82, 2.24) is 4.90 Å². The van der Waals surface area contributed by atoms with E-state index in [4.69, 9.17) is 4.74 Å². The first kappa shape index (κ1) is 19.4. The van der Waals surface area contributed by atoms with Crippen LogP contribution in [0.25, 0.3) is 0 Å². The zero-order valence-corrected chi connectivity index (χ0v) is 16.8. The normalized spacial score (nSPS) is 14.9. The van der Waals surface area contributed by atoms with Crippen LogP contribution >= 0.6 is 11.3 Å². The molecule has 0 aliphatic carbocycles. The lowest BCUT2D eigenvalue weighted by molar-refractivity contribution is -0.117. The predicted molar refractivity (Wildman–Crippen MR) is 109 cm³/mol. The van der Waals surface area contributed by atoms with Gasteiger partial charge in [-0.2, -0.15) is 0 Å². The highest BCUT2D eigenvalue weighted by Gasteiger charge is 2.22. The Morgan fingerprint density at radius 1 is 1.15 bits per heavy atom. The van der Waals surface area contributed by atoms with Crippen LogP contribution in [0.5, 0.6) is 0 Å². The van der Waals surface area contributed by atoms with Crippen LogP contribution < -0.4 is 10.2 Å². The average Bonchev–Trinajstić information content (AvgIpc) is 3.12. The fourth-order valence-electron chi connectivity index (χ4n) is 3.28. The molecule has 1 fully saturated rings. The Morgan fingerprint density at radius 2 is 1.89 bits per heavy atom. The number of piperazine rings is 1. The molecule has 0 radical (unpaired) electrons. The third-order valence-electron chi connectivity index (χ3n) is 4.97. The molecule has 0 saturated carbocycles. The summed E-state index contributed by atoms with van der Waals surface area (Å²) in [5.74, 6) is -0.541. The Kier molecular flexibility index (Phi) is 6.13. The highest BCUT2D eigenvalue weighted by Crippen LogP contribution is 2.25. The Morgan fingerprint density at radius 3 is 2.59 bits per heavy atom. The molecule has 1 amide bonds. The second-order valence-electron chi connectivity index (χ2n) is 6.69. The summed E-state index contributed by atoms with van der Waals surface area (Å²) in [4.78, 5) is 29.0. The monoisotopic (exact) mass is 387 g/mol. The van der Waals surface area contributed by atoms with Crippen molar-refractivity contribution in [3.8, 4) is 0 Å². The predicted octanol–water partition coefficient (Wildman–Crippen LogP) is 2.91. The van der Waals surface area contributed by atoms with Crippen LogP contribution in [0.4, 0.5) is 11.4 Å². The summed E-state index contributed by atoms with van der Waals surface area (Å²) in [6.45, 7) is 8.04. The quantitative estimate of drug-likeness (QED) is 0.800. The van der Waals surface area contributed by atoms with Gasteiger partial charge in [0.1, 0.15) is 4.88 Å². The number of aryl methyl sites for hydroxylation is 1. The maximum atomic E-state index is 12.4. The number of amides is 1. The molecule has 0 unspecified atom stereocenters. The number of ether oxygens (including phenoxy) is 1. The number of esters is 1. The van der Waals surface area contributed by atoms with Crippen LogP contribution in [0, 0.1) is 13.8 Å². The summed E-state index contributed by atoms with van der Waals surface area (Å²) in [5, 5.41) is 4.60. The minimum atomic E-state index is -0.428. The van der Waals surface area contributed by atoms with E-state index < -0.39 is 5.97 Å². The van der Waals surface area contributed by atoms with Crippen molar-refractivity contribution in [1.29, 1.82) is 0 Å². The van der Waals surface area contributed by atoms with E-state index in [2.05, 4.69) is 47.2 Å². The summed E-state index contributed by atoms with van der Waals surface area (Å²) in [5.41, 5.74) is 4.41. The van der Waals surface area contributed by atoms with E-state index >= 15 is 0 Å². The third-order valence-corrected chi connectivity index (χ3v) is 5.86. The molecule has 3 rings (SSSR count). The number of hydrogen-bond donors (Lipinski definition) is 1. The molecule has 1 aliphatic heterocycles. The summed E-state index contributed by atoms with van der Waals surface area (Å²) in [7, 11) is 1.34. The number of carbonyl (C=O) groups excluding carboxylic acids is 2. The van der Waals surface area contributed by atoms with Gasteiger partial charge in [-0.05, 0) is 42.5 Å². The fraction of sp³-hybridized carbons (Fsp3) is 0.400. The van der Waals surface area contributed by atoms with Gasteiger partial charge in [-0.1, -0.05) is 12.1 Å². The Balaban J connectivity index is 1.53. The first-order valence-electron chi connectivity index (χ1n) is 8.98. The molecular weight excluding hydrogens is 362 g/mol. The second-order valence-corrected chi connectivity index (χ2v) is 7.60. The third kappa shape index (κ3) is 4.48. The molecule has 1 aliphatic rings. The summed E-state index contributed by atoms with van der Waals surface area (Å²) in [6, 6.07) is 8.12. The van der Waals surface area contributed by atoms with E-state index in [1.54, 1.807) is 11.4 Å². The molecule has 1 aromatic carbocycles. The van der Waals surface area contributed by atoms with Gasteiger partial charge in [0.15, 0.2) is 0 Å². The lowest BCUT2D eigenvalue weighted by atomic mass is 10.1. The second kappa shape index (κ2) is 8.54. The molecule has 2 aromatic rings. The van der Waals surface area contributed by atoms with Crippen molar-refractivity contribution < 1.29 is 14.3 Å². The minimum absolute atomic E-state index is 0.112. The number of anilines is 2. The number of carbonyl (C=O) groups is 2. The highest BCUT2D eigenvalue weighted by molar-refractivity contribution is 7.12. The average molecular weight is 388 g/mol.